The lowest BCUT2D eigenvalue weighted by atomic mass is 10.3. The van der Waals surface area contributed by atoms with E-state index in [0.29, 0.717) is 11.4 Å². The molecule has 0 aliphatic heterocycles. The van der Waals surface area contributed by atoms with Crippen LogP contribution in [0.3, 0.4) is 0 Å². The molecule has 0 saturated heterocycles. The van der Waals surface area contributed by atoms with Gasteiger partial charge in [0.2, 0.25) is 5.91 Å². The summed E-state index contributed by atoms with van der Waals surface area (Å²) in [5.74, 6) is -0.0224. The van der Waals surface area contributed by atoms with Gasteiger partial charge in [-0.3, -0.25) is 4.79 Å². The summed E-state index contributed by atoms with van der Waals surface area (Å²) in [6.07, 6.45) is 0.198. The minimum atomic E-state index is -0.517. The summed E-state index contributed by atoms with van der Waals surface area (Å²) in [6, 6.07) is 13.3. The van der Waals surface area contributed by atoms with Crippen LogP contribution in [0.15, 0.2) is 48.5 Å². The Morgan fingerprint density at radius 3 is 2.65 bits per heavy atom. The second-order valence-electron chi connectivity index (χ2n) is 4.09. The average molecular weight is 294 g/mol. The van der Waals surface area contributed by atoms with Crippen molar-refractivity contribution in [3.63, 3.8) is 0 Å². The fraction of sp³-hybridized carbons (Fsp3) is 0.133. The van der Waals surface area contributed by atoms with Crippen molar-refractivity contribution >= 4 is 23.2 Å². The summed E-state index contributed by atoms with van der Waals surface area (Å²) in [5.41, 5.74) is 0.459. The van der Waals surface area contributed by atoms with Gasteiger partial charge in [0.15, 0.2) is 0 Å². The van der Waals surface area contributed by atoms with Gasteiger partial charge in [-0.15, -0.1) is 0 Å². The van der Waals surface area contributed by atoms with Crippen LogP contribution in [0, 0.1) is 5.82 Å². The van der Waals surface area contributed by atoms with Crippen molar-refractivity contribution in [3.8, 4) is 5.75 Å². The molecular formula is C15H13ClFNO2. The lowest BCUT2D eigenvalue weighted by Crippen LogP contribution is -2.15. The third-order valence-corrected chi connectivity index (χ3v) is 2.83. The number of rotatable bonds is 5. The lowest BCUT2D eigenvalue weighted by Gasteiger charge is -2.07. The average Bonchev–Trinajstić information content (AvgIpc) is 2.44. The molecule has 0 unspecified atom stereocenters. The minimum Gasteiger partial charge on any atom is -0.493 e. The van der Waals surface area contributed by atoms with Gasteiger partial charge in [0.1, 0.15) is 11.6 Å². The van der Waals surface area contributed by atoms with E-state index in [1.54, 1.807) is 0 Å². The molecule has 2 aromatic rings. The highest BCUT2D eigenvalue weighted by Gasteiger charge is 2.05. The number of benzene rings is 2. The quantitative estimate of drug-likeness (QED) is 0.908. The Morgan fingerprint density at radius 2 is 1.95 bits per heavy atom. The van der Waals surface area contributed by atoms with E-state index in [1.165, 1.54) is 18.2 Å². The first-order valence-electron chi connectivity index (χ1n) is 6.08. The van der Waals surface area contributed by atoms with Crippen molar-refractivity contribution in [3.05, 3.63) is 59.4 Å². The zero-order valence-corrected chi connectivity index (χ0v) is 11.4. The summed E-state index contributed by atoms with van der Waals surface area (Å²) in [6.45, 7) is 0.269. The number of anilines is 1. The van der Waals surface area contributed by atoms with Crippen LogP contribution in [0.2, 0.25) is 5.02 Å². The molecule has 1 N–H and O–H groups in total. The maximum Gasteiger partial charge on any atom is 0.227 e. The van der Waals surface area contributed by atoms with E-state index in [-0.39, 0.29) is 24.0 Å². The highest BCUT2D eigenvalue weighted by molar-refractivity contribution is 6.31. The first kappa shape index (κ1) is 14.3. The molecule has 0 saturated carbocycles. The van der Waals surface area contributed by atoms with Crippen molar-refractivity contribution in [2.24, 2.45) is 0 Å². The molecule has 0 fully saturated rings. The molecule has 20 heavy (non-hydrogen) atoms. The molecule has 0 heterocycles. The number of amides is 1. The predicted octanol–water partition coefficient (Wildman–Crippen LogP) is 3.89. The molecule has 0 radical (unpaired) electrons. The molecule has 0 aromatic heterocycles. The van der Waals surface area contributed by atoms with E-state index in [4.69, 9.17) is 16.3 Å². The first-order valence-corrected chi connectivity index (χ1v) is 6.46. The van der Waals surface area contributed by atoms with Crippen LogP contribution < -0.4 is 10.1 Å². The number of nitrogens with one attached hydrogen (secondary N) is 1. The smallest absolute Gasteiger partial charge is 0.227 e. The number of carbonyl (C=O) groups is 1. The van der Waals surface area contributed by atoms with Crippen molar-refractivity contribution in [1.29, 1.82) is 0 Å². The molecule has 0 spiro atoms. The Bertz CT molecular complexity index is 590. The van der Waals surface area contributed by atoms with Gasteiger partial charge in [0.25, 0.3) is 0 Å². The zero-order valence-electron chi connectivity index (χ0n) is 10.6. The summed E-state index contributed by atoms with van der Waals surface area (Å²) in [4.78, 5) is 11.7. The summed E-state index contributed by atoms with van der Waals surface area (Å²) in [5, 5.41) is 2.60. The first-order chi connectivity index (χ1) is 9.65. The maximum atomic E-state index is 13.0. The minimum absolute atomic E-state index is 0.0247. The standard InChI is InChI=1S/C15H13ClFNO2/c16-13-10-11(6-7-14(13)17)18-15(19)8-9-20-12-4-2-1-3-5-12/h1-7,10H,8-9H2,(H,18,19). The number of halogens is 2. The Morgan fingerprint density at radius 1 is 1.20 bits per heavy atom. The molecule has 0 atom stereocenters. The van der Waals surface area contributed by atoms with Crippen LogP contribution in [0.25, 0.3) is 0 Å². The normalized spacial score (nSPS) is 10.1. The molecule has 2 aromatic carbocycles. The monoisotopic (exact) mass is 293 g/mol. The summed E-state index contributed by atoms with van der Waals surface area (Å²) < 4.78 is 18.4. The van der Waals surface area contributed by atoms with Gasteiger partial charge < -0.3 is 10.1 Å². The third-order valence-electron chi connectivity index (χ3n) is 2.54. The third kappa shape index (κ3) is 4.24. The molecule has 5 heteroatoms. The molecule has 0 aliphatic rings. The molecule has 3 nitrogen and oxygen atoms in total. The van der Waals surface area contributed by atoms with Gasteiger partial charge in [0, 0.05) is 5.69 Å². The van der Waals surface area contributed by atoms with Gasteiger partial charge in [-0.05, 0) is 30.3 Å². The second kappa shape index (κ2) is 6.91. The van der Waals surface area contributed by atoms with E-state index in [0.717, 1.165) is 0 Å². The number of hydrogen-bond donors (Lipinski definition) is 1. The fourth-order valence-electron chi connectivity index (χ4n) is 1.58. The molecule has 0 bridgehead atoms. The molecule has 2 rings (SSSR count). The van der Waals surface area contributed by atoms with E-state index in [1.807, 2.05) is 30.3 Å². The highest BCUT2D eigenvalue weighted by atomic mass is 35.5. The van der Waals surface area contributed by atoms with Crippen LogP contribution in [-0.2, 0) is 4.79 Å². The molecule has 104 valence electrons. The number of hydrogen-bond acceptors (Lipinski definition) is 2. The van der Waals surface area contributed by atoms with Crippen LogP contribution >= 0.6 is 11.6 Å². The Balaban J connectivity index is 1.79. The van der Waals surface area contributed by atoms with E-state index >= 15 is 0 Å². The van der Waals surface area contributed by atoms with Crippen molar-refractivity contribution in [1.82, 2.24) is 0 Å². The van der Waals surface area contributed by atoms with E-state index in [2.05, 4.69) is 5.32 Å². The van der Waals surface area contributed by atoms with E-state index < -0.39 is 5.82 Å². The molecule has 0 aliphatic carbocycles. The predicted molar refractivity (Wildman–Crippen MR) is 76.6 cm³/mol. The van der Waals surface area contributed by atoms with Gasteiger partial charge in [-0.25, -0.2) is 4.39 Å². The van der Waals surface area contributed by atoms with Crippen LogP contribution in [0.1, 0.15) is 6.42 Å². The maximum absolute atomic E-state index is 13.0. The van der Waals surface area contributed by atoms with Gasteiger partial charge in [-0.2, -0.15) is 0 Å². The largest absolute Gasteiger partial charge is 0.493 e. The van der Waals surface area contributed by atoms with Crippen LogP contribution in [-0.4, -0.2) is 12.5 Å². The Labute approximate surface area is 121 Å². The van der Waals surface area contributed by atoms with Crippen molar-refractivity contribution in [2.45, 2.75) is 6.42 Å². The molecule has 1 amide bonds. The highest BCUT2D eigenvalue weighted by Crippen LogP contribution is 2.19. The number of carbonyl (C=O) groups excluding carboxylic acids is 1. The van der Waals surface area contributed by atoms with E-state index in [9.17, 15) is 9.18 Å². The van der Waals surface area contributed by atoms with Crippen molar-refractivity contribution < 1.29 is 13.9 Å². The van der Waals surface area contributed by atoms with Gasteiger partial charge >= 0.3 is 0 Å². The number of ether oxygens (including phenoxy) is 1. The Kier molecular flexibility index (Phi) is 4.96. The zero-order chi connectivity index (χ0) is 14.4. The van der Waals surface area contributed by atoms with Crippen LogP contribution in [0.5, 0.6) is 5.75 Å². The second-order valence-corrected chi connectivity index (χ2v) is 4.50. The summed E-state index contributed by atoms with van der Waals surface area (Å²) >= 11 is 5.63. The Hall–Kier alpha value is -2.07. The van der Waals surface area contributed by atoms with Crippen LogP contribution in [0.4, 0.5) is 10.1 Å². The summed E-state index contributed by atoms with van der Waals surface area (Å²) in [7, 11) is 0. The molecular weight excluding hydrogens is 281 g/mol. The SMILES string of the molecule is O=C(CCOc1ccccc1)Nc1ccc(F)c(Cl)c1. The topological polar surface area (TPSA) is 38.3 Å². The van der Waals surface area contributed by atoms with Gasteiger partial charge in [0.05, 0.1) is 18.1 Å². The fourth-order valence-corrected chi connectivity index (χ4v) is 1.76. The van der Waals surface area contributed by atoms with Gasteiger partial charge in [-0.1, -0.05) is 29.8 Å². The number of para-hydroxylation sites is 1. The van der Waals surface area contributed by atoms with Crippen molar-refractivity contribution in [2.75, 3.05) is 11.9 Å². The lowest BCUT2D eigenvalue weighted by molar-refractivity contribution is -0.116.